The lowest BCUT2D eigenvalue weighted by Crippen LogP contribution is -2.19. The van der Waals surface area contributed by atoms with Crippen molar-refractivity contribution in [2.75, 3.05) is 11.9 Å². The Balaban J connectivity index is 1.85. The Bertz CT molecular complexity index is 977. The third-order valence-corrected chi connectivity index (χ3v) is 5.11. The molecule has 0 radical (unpaired) electrons. The van der Waals surface area contributed by atoms with E-state index in [-0.39, 0.29) is 0 Å². The van der Waals surface area contributed by atoms with Gasteiger partial charge in [0.15, 0.2) is 0 Å². The van der Waals surface area contributed by atoms with Gasteiger partial charge in [-0.3, -0.25) is 0 Å². The topological polar surface area (TPSA) is 3.24 Å². The van der Waals surface area contributed by atoms with Crippen molar-refractivity contribution in [3.63, 3.8) is 0 Å². The van der Waals surface area contributed by atoms with E-state index in [0.717, 1.165) is 6.42 Å². The molecule has 0 N–H and O–H groups in total. The maximum Gasteiger partial charge on any atom is 0.0450 e. The van der Waals surface area contributed by atoms with E-state index in [1.807, 2.05) is 0 Å². The predicted octanol–water partition coefficient (Wildman–Crippen LogP) is 5.67. The molecule has 0 bridgehead atoms. The summed E-state index contributed by atoms with van der Waals surface area (Å²) in [6.07, 6.45) is 0.998. The smallest absolute Gasteiger partial charge is 0.0450 e. The molecule has 0 amide bonds. The zero-order valence-corrected chi connectivity index (χ0v) is 13.1. The molecule has 0 saturated heterocycles. The Morgan fingerprint density at radius 2 is 1.09 bits per heavy atom. The summed E-state index contributed by atoms with van der Waals surface area (Å²) in [5.74, 6) is 0. The normalized spacial score (nSPS) is 13.2. The van der Waals surface area contributed by atoms with Crippen LogP contribution in [0.3, 0.4) is 0 Å². The van der Waals surface area contributed by atoms with Gasteiger partial charge in [0, 0.05) is 24.8 Å². The van der Waals surface area contributed by atoms with E-state index in [4.69, 9.17) is 0 Å². The average Bonchev–Trinajstić information content (AvgIpc) is 2.61. The second kappa shape index (κ2) is 4.60. The quantitative estimate of drug-likeness (QED) is 0.404. The molecule has 0 saturated carbocycles. The van der Waals surface area contributed by atoms with Crippen molar-refractivity contribution in [3.8, 4) is 0 Å². The van der Waals surface area contributed by atoms with Crippen LogP contribution in [0.25, 0.3) is 21.5 Å². The molecule has 4 aromatic carbocycles. The first-order chi connectivity index (χ1) is 11.3. The van der Waals surface area contributed by atoms with E-state index in [1.54, 1.807) is 0 Å². The summed E-state index contributed by atoms with van der Waals surface area (Å²) in [7, 11) is 2.18. The van der Waals surface area contributed by atoms with Crippen molar-refractivity contribution in [1.82, 2.24) is 0 Å². The van der Waals surface area contributed by atoms with Crippen molar-refractivity contribution >= 4 is 32.9 Å². The Kier molecular flexibility index (Phi) is 2.54. The van der Waals surface area contributed by atoms with Crippen LogP contribution in [0.4, 0.5) is 11.4 Å². The molecular formula is C22H17N. The largest absolute Gasteiger partial charge is 0.344 e. The zero-order chi connectivity index (χ0) is 15.4. The van der Waals surface area contributed by atoms with E-state index in [1.165, 1.54) is 44.0 Å². The van der Waals surface area contributed by atoms with Crippen molar-refractivity contribution in [2.45, 2.75) is 6.42 Å². The molecule has 23 heavy (non-hydrogen) atoms. The van der Waals surface area contributed by atoms with Crippen molar-refractivity contribution in [1.29, 1.82) is 0 Å². The second-order valence-electron chi connectivity index (χ2n) is 6.30. The fraction of sp³-hybridized carbons (Fsp3) is 0.0909. The molecular weight excluding hydrogens is 278 g/mol. The highest BCUT2D eigenvalue weighted by Gasteiger charge is 2.22. The third-order valence-electron chi connectivity index (χ3n) is 5.11. The van der Waals surface area contributed by atoms with Gasteiger partial charge < -0.3 is 4.90 Å². The first kappa shape index (κ1) is 12.7. The van der Waals surface area contributed by atoms with Crippen molar-refractivity contribution < 1.29 is 0 Å². The first-order valence-electron chi connectivity index (χ1n) is 8.08. The number of fused-ring (bicyclic) bond motifs is 6. The van der Waals surface area contributed by atoms with Gasteiger partial charge in [0.1, 0.15) is 0 Å². The minimum atomic E-state index is 0.998. The molecule has 0 aromatic heterocycles. The van der Waals surface area contributed by atoms with Gasteiger partial charge in [0.25, 0.3) is 0 Å². The lowest BCUT2D eigenvalue weighted by molar-refractivity contribution is 1.08. The summed E-state index contributed by atoms with van der Waals surface area (Å²) in [5, 5.41) is 5.39. The fourth-order valence-electron chi connectivity index (χ4n) is 3.96. The molecule has 0 spiro atoms. The highest BCUT2D eigenvalue weighted by molar-refractivity contribution is 5.98. The van der Waals surface area contributed by atoms with Gasteiger partial charge in [-0.05, 0) is 44.8 Å². The molecule has 1 aliphatic rings. The zero-order valence-electron chi connectivity index (χ0n) is 13.1. The third kappa shape index (κ3) is 1.74. The fourth-order valence-corrected chi connectivity index (χ4v) is 3.96. The van der Waals surface area contributed by atoms with Gasteiger partial charge in [0.2, 0.25) is 0 Å². The minimum Gasteiger partial charge on any atom is -0.344 e. The summed E-state index contributed by atoms with van der Waals surface area (Å²) in [6, 6.07) is 26.4. The highest BCUT2D eigenvalue weighted by atomic mass is 15.1. The van der Waals surface area contributed by atoms with E-state index in [0.29, 0.717) is 0 Å². The molecule has 1 aliphatic heterocycles. The Labute approximate surface area is 135 Å². The van der Waals surface area contributed by atoms with Crippen LogP contribution in [0.5, 0.6) is 0 Å². The lowest BCUT2D eigenvalue weighted by Gasteiger charge is -2.32. The van der Waals surface area contributed by atoms with Crippen LogP contribution < -0.4 is 4.90 Å². The second-order valence-corrected chi connectivity index (χ2v) is 6.30. The molecule has 0 aliphatic carbocycles. The highest BCUT2D eigenvalue weighted by Crippen LogP contribution is 2.43. The summed E-state index contributed by atoms with van der Waals surface area (Å²) in [6.45, 7) is 0. The van der Waals surface area contributed by atoms with Crippen LogP contribution >= 0.6 is 0 Å². The number of hydrogen-bond acceptors (Lipinski definition) is 1. The van der Waals surface area contributed by atoms with Gasteiger partial charge in [-0.25, -0.2) is 0 Å². The van der Waals surface area contributed by atoms with E-state index < -0.39 is 0 Å². The Morgan fingerprint density at radius 3 is 1.61 bits per heavy atom. The summed E-state index contributed by atoms with van der Waals surface area (Å²) in [5.41, 5.74) is 5.53. The van der Waals surface area contributed by atoms with Crippen LogP contribution in [0.15, 0.2) is 72.8 Å². The number of rotatable bonds is 0. The Morgan fingerprint density at radius 1 is 0.609 bits per heavy atom. The van der Waals surface area contributed by atoms with Crippen LogP contribution in [-0.2, 0) is 6.42 Å². The van der Waals surface area contributed by atoms with Crippen molar-refractivity contribution in [3.05, 3.63) is 83.9 Å². The Hall–Kier alpha value is -2.80. The van der Waals surface area contributed by atoms with Gasteiger partial charge in [0.05, 0.1) is 0 Å². The molecule has 0 fully saturated rings. The maximum absolute atomic E-state index is 2.34. The van der Waals surface area contributed by atoms with Gasteiger partial charge in [-0.1, -0.05) is 60.7 Å². The van der Waals surface area contributed by atoms with E-state index in [2.05, 4.69) is 84.7 Å². The predicted molar refractivity (Wildman–Crippen MR) is 98.8 cm³/mol. The number of hydrogen-bond donors (Lipinski definition) is 0. The maximum atomic E-state index is 2.34. The molecule has 0 atom stereocenters. The van der Waals surface area contributed by atoms with Gasteiger partial charge in [-0.15, -0.1) is 0 Å². The van der Waals surface area contributed by atoms with Crippen molar-refractivity contribution in [2.24, 2.45) is 0 Å². The monoisotopic (exact) mass is 295 g/mol. The number of nitrogens with zero attached hydrogens (tertiary/aromatic N) is 1. The molecule has 0 unspecified atom stereocenters. The van der Waals surface area contributed by atoms with Crippen LogP contribution in [-0.4, -0.2) is 7.05 Å². The SMILES string of the molecule is CN1c2ccc3ccccc3c2Cc2c1ccc1ccccc21. The van der Waals surface area contributed by atoms with E-state index in [9.17, 15) is 0 Å². The summed E-state index contributed by atoms with van der Waals surface area (Å²) < 4.78 is 0. The average molecular weight is 295 g/mol. The molecule has 4 aromatic rings. The molecule has 1 heterocycles. The number of benzene rings is 4. The molecule has 1 nitrogen and oxygen atoms in total. The molecule has 110 valence electrons. The molecule has 5 rings (SSSR count). The van der Waals surface area contributed by atoms with E-state index >= 15 is 0 Å². The van der Waals surface area contributed by atoms with Gasteiger partial charge >= 0.3 is 0 Å². The first-order valence-corrected chi connectivity index (χ1v) is 8.08. The minimum absolute atomic E-state index is 0.998. The van der Waals surface area contributed by atoms with Crippen LogP contribution in [0.1, 0.15) is 11.1 Å². The van der Waals surface area contributed by atoms with Crippen LogP contribution in [0, 0.1) is 0 Å². The summed E-state index contributed by atoms with van der Waals surface area (Å²) >= 11 is 0. The lowest BCUT2D eigenvalue weighted by atomic mass is 9.89. The molecule has 1 heteroatoms. The van der Waals surface area contributed by atoms with Crippen LogP contribution in [0.2, 0.25) is 0 Å². The standard InChI is InChI=1S/C22H17N/c1-23-21-12-10-15-6-2-4-8-17(15)19(21)14-20-18-9-5-3-7-16(18)11-13-22(20)23/h2-13H,14H2,1H3. The summed E-state index contributed by atoms with van der Waals surface area (Å²) in [4.78, 5) is 2.34. The van der Waals surface area contributed by atoms with Gasteiger partial charge in [-0.2, -0.15) is 0 Å². The number of anilines is 2.